The van der Waals surface area contributed by atoms with Crippen molar-refractivity contribution in [1.29, 1.82) is 0 Å². The summed E-state index contributed by atoms with van der Waals surface area (Å²) in [6.45, 7) is 3.29. The Morgan fingerprint density at radius 3 is 2.74 bits per heavy atom. The van der Waals surface area contributed by atoms with Crippen molar-refractivity contribution in [2.75, 3.05) is 26.1 Å². The number of ether oxygens (including phenoxy) is 2. The van der Waals surface area contributed by atoms with Crippen LogP contribution in [-0.2, 0) is 11.3 Å². The number of hydrogen-bond acceptors (Lipinski definition) is 4. The zero-order chi connectivity index (χ0) is 13.8. The van der Waals surface area contributed by atoms with Crippen molar-refractivity contribution in [2.45, 2.75) is 13.5 Å². The molecule has 0 atom stereocenters. The molecular weight excluding hydrogens is 264 g/mol. The van der Waals surface area contributed by atoms with Crippen molar-refractivity contribution in [3.05, 3.63) is 28.9 Å². The van der Waals surface area contributed by atoms with Crippen molar-refractivity contribution >= 4 is 28.2 Å². The maximum Gasteiger partial charge on any atom is 0.145 e. The summed E-state index contributed by atoms with van der Waals surface area (Å²) in [5, 5.41) is 4.84. The van der Waals surface area contributed by atoms with Crippen molar-refractivity contribution in [3.8, 4) is 5.75 Å². The van der Waals surface area contributed by atoms with E-state index in [9.17, 15) is 0 Å². The Kier molecular flexibility index (Phi) is 4.45. The molecule has 1 heterocycles. The number of nitrogens with one attached hydrogen (secondary N) is 1. The van der Waals surface area contributed by atoms with Crippen molar-refractivity contribution < 1.29 is 9.47 Å². The number of halogens is 1. The lowest BCUT2D eigenvalue weighted by atomic mass is 10.1. The molecule has 0 bridgehead atoms. The van der Waals surface area contributed by atoms with E-state index in [2.05, 4.69) is 10.3 Å². The Hall–Kier alpha value is -1.52. The van der Waals surface area contributed by atoms with Crippen LogP contribution < -0.4 is 10.1 Å². The summed E-state index contributed by atoms with van der Waals surface area (Å²) in [5.41, 5.74) is 2.54. The maximum absolute atomic E-state index is 6.29. The molecule has 0 unspecified atom stereocenters. The highest BCUT2D eigenvalue weighted by atomic mass is 35.5. The molecule has 2 aromatic rings. The van der Waals surface area contributed by atoms with Crippen LogP contribution in [0.4, 0.5) is 5.69 Å². The largest absolute Gasteiger partial charge is 0.494 e. The molecule has 1 aromatic carbocycles. The molecule has 0 amide bonds. The molecular formula is C14H17ClN2O2. The fraction of sp³-hybridized carbons (Fsp3) is 0.357. The Bertz CT molecular complexity index is 587. The van der Waals surface area contributed by atoms with E-state index in [1.807, 2.05) is 25.1 Å². The molecule has 0 saturated heterocycles. The van der Waals surface area contributed by atoms with Gasteiger partial charge in [0, 0.05) is 24.7 Å². The fourth-order valence-corrected chi connectivity index (χ4v) is 2.30. The van der Waals surface area contributed by atoms with Gasteiger partial charge in [-0.15, -0.1) is 0 Å². The number of hydrogen-bond donors (Lipinski definition) is 1. The second-order valence-corrected chi connectivity index (χ2v) is 4.50. The minimum Gasteiger partial charge on any atom is -0.494 e. The topological polar surface area (TPSA) is 43.4 Å². The minimum atomic E-state index is 0.448. The molecule has 0 aliphatic heterocycles. The third-order valence-electron chi connectivity index (χ3n) is 2.81. The van der Waals surface area contributed by atoms with Gasteiger partial charge < -0.3 is 14.8 Å². The van der Waals surface area contributed by atoms with Gasteiger partial charge in [-0.2, -0.15) is 0 Å². The number of nitrogens with zero attached hydrogens (tertiary/aromatic N) is 1. The molecule has 0 aliphatic rings. The molecule has 19 heavy (non-hydrogen) atoms. The molecule has 0 fully saturated rings. The average molecular weight is 281 g/mol. The summed E-state index contributed by atoms with van der Waals surface area (Å²) in [4.78, 5) is 4.57. The van der Waals surface area contributed by atoms with Crippen LogP contribution in [-0.4, -0.2) is 25.7 Å². The second-order valence-electron chi connectivity index (χ2n) is 4.10. The van der Waals surface area contributed by atoms with Crippen molar-refractivity contribution in [1.82, 2.24) is 4.98 Å². The second kappa shape index (κ2) is 6.08. The predicted molar refractivity (Wildman–Crippen MR) is 78.2 cm³/mol. The van der Waals surface area contributed by atoms with Gasteiger partial charge in [0.15, 0.2) is 0 Å². The van der Waals surface area contributed by atoms with E-state index in [1.165, 1.54) is 0 Å². The van der Waals surface area contributed by atoms with E-state index in [0.29, 0.717) is 17.4 Å². The molecule has 1 aromatic heterocycles. The Balaban J connectivity index is 2.73. The Labute approximate surface area is 117 Å². The van der Waals surface area contributed by atoms with Gasteiger partial charge in [0.25, 0.3) is 0 Å². The number of methoxy groups -OCH3 is 2. The van der Waals surface area contributed by atoms with Gasteiger partial charge in [-0.1, -0.05) is 11.6 Å². The number of fused-ring (bicyclic) bond motifs is 1. The number of aromatic nitrogens is 1. The molecule has 0 radical (unpaired) electrons. The smallest absolute Gasteiger partial charge is 0.145 e. The van der Waals surface area contributed by atoms with Crippen LogP contribution in [0.1, 0.15) is 12.6 Å². The van der Waals surface area contributed by atoms with Crippen LogP contribution in [0, 0.1) is 0 Å². The van der Waals surface area contributed by atoms with Crippen LogP contribution in [0.25, 0.3) is 10.9 Å². The Morgan fingerprint density at radius 1 is 1.32 bits per heavy atom. The third kappa shape index (κ3) is 2.74. The van der Waals surface area contributed by atoms with Gasteiger partial charge in [0.1, 0.15) is 11.3 Å². The Morgan fingerprint density at radius 2 is 2.11 bits per heavy atom. The summed E-state index contributed by atoms with van der Waals surface area (Å²) in [6, 6.07) is 5.60. The fourth-order valence-electron chi connectivity index (χ4n) is 2.05. The van der Waals surface area contributed by atoms with Crippen LogP contribution in [0.15, 0.2) is 18.2 Å². The zero-order valence-electron chi connectivity index (χ0n) is 11.3. The first-order valence-corrected chi connectivity index (χ1v) is 6.48. The molecule has 2 rings (SSSR count). The zero-order valence-corrected chi connectivity index (χ0v) is 12.0. The van der Waals surface area contributed by atoms with Gasteiger partial charge >= 0.3 is 0 Å². The average Bonchev–Trinajstić information content (AvgIpc) is 2.39. The van der Waals surface area contributed by atoms with Gasteiger partial charge in [-0.05, 0) is 25.1 Å². The minimum absolute atomic E-state index is 0.448. The molecule has 0 aliphatic carbocycles. The van der Waals surface area contributed by atoms with E-state index in [4.69, 9.17) is 21.1 Å². The van der Waals surface area contributed by atoms with E-state index in [1.54, 1.807) is 14.2 Å². The van der Waals surface area contributed by atoms with Gasteiger partial charge in [0.2, 0.25) is 0 Å². The highest BCUT2D eigenvalue weighted by molar-refractivity contribution is 6.36. The van der Waals surface area contributed by atoms with Gasteiger partial charge in [-0.25, -0.2) is 4.98 Å². The summed E-state index contributed by atoms with van der Waals surface area (Å²) in [6.07, 6.45) is 0. The van der Waals surface area contributed by atoms with Crippen LogP contribution in [0.2, 0.25) is 5.02 Å². The number of benzene rings is 1. The quantitative estimate of drug-likeness (QED) is 0.911. The SMILES string of the molecule is CCNc1cc(COC)nc2c(OC)ccc(Cl)c12. The molecule has 5 heteroatoms. The molecule has 1 N–H and O–H groups in total. The first-order chi connectivity index (χ1) is 9.21. The highest BCUT2D eigenvalue weighted by Gasteiger charge is 2.13. The van der Waals surface area contributed by atoms with Crippen LogP contribution >= 0.6 is 11.6 Å². The van der Waals surface area contributed by atoms with Crippen molar-refractivity contribution in [2.24, 2.45) is 0 Å². The maximum atomic E-state index is 6.29. The van der Waals surface area contributed by atoms with E-state index < -0.39 is 0 Å². The van der Waals surface area contributed by atoms with E-state index >= 15 is 0 Å². The first kappa shape index (κ1) is 13.9. The van der Waals surface area contributed by atoms with Gasteiger partial charge in [0.05, 0.1) is 24.4 Å². The number of pyridine rings is 1. The first-order valence-electron chi connectivity index (χ1n) is 6.10. The van der Waals surface area contributed by atoms with E-state index in [-0.39, 0.29) is 0 Å². The van der Waals surface area contributed by atoms with Crippen molar-refractivity contribution in [3.63, 3.8) is 0 Å². The van der Waals surface area contributed by atoms with Crippen LogP contribution in [0.5, 0.6) is 5.75 Å². The lowest BCUT2D eigenvalue weighted by Crippen LogP contribution is -2.02. The lowest BCUT2D eigenvalue weighted by Gasteiger charge is -2.13. The molecule has 4 nitrogen and oxygen atoms in total. The number of rotatable bonds is 5. The standard InChI is InChI=1S/C14H17ClN2O2/c1-4-16-11-7-9(8-18-2)17-14-12(19-3)6-5-10(15)13(11)14/h5-7H,4,8H2,1-3H3,(H,16,17). The summed E-state index contributed by atoms with van der Waals surface area (Å²) in [5.74, 6) is 0.705. The molecule has 0 saturated carbocycles. The summed E-state index contributed by atoms with van der Waals surface area (Å²) < 4.78 is 10.5. The summed E-state index contributed by atoms with van der Waals surface area (Å²) >= 11 is 6.29. The molecule has 0 spiro atoms. The normalized spacial score (nSPS) is 10.7. The van der Waals surface area contributed by atoms with E-state index in [0.717, 1.165) is 28.8 Å². The van der Waals surface area contributed by atoms with Crippen LogP contribution in [0.3, 0.4) is 0 Å². The molecule has 102 valence electrons. The highest BCUT2D eigenvalue weighted by Crippen LogP contribution is 2.35. The lowest BCUT2D eigenvalue weighted by molar-refractivity contribution is 0.182. The monoisotopic (exact) mass is 280 g/mol. The number of anilines is 1. The van der Waals surface area contributed by atoms with Gasteiger partial charge in [-0.3, -0.25) is 0 Å². The summed E-state index contributed by atoms with van der Waals surface area (Å²) in [7, 11) is 3.27. The third-order valence-corrected chi connectivity index (χ3v) is 3.12. The predicted octanol–water partition coefficient (Wildman–Crippen LogP) is 3.48.